The van der Waals surface area contributed by atoms with Crippen LogP contribution < -0.4 is 10.5 Å². The highest BCUT2D eigenvalue weighted by molar-refractivity contribution is 5.95. The number of nitrogens with zero attached hydrogens (tertiary/aromatic N) is 1. The Morgan fingerprint density at radius 1 is 1.19 bits per heavy atom. The minimum absolute atomic E-state index is 0.0822. The lowest BCUT2D eigenvalue weighted by Crippen LogP contribution is -2.21. The van der Waals surface area contributed by atoms with Crippen molar-refractivity contribution in [2.75, 3.05) is 19.8 Å². The number of aryl methyl sites for hydroxylation is 1. The van der Waals surface area contributed by atoms with Crippen molar-refractivity contribution < 1.29 is 9.53 Å². The minimum atomic E-state index is -0.0822. The van der Waals surface area contributed by atoms with Crippen molar-refractivity contribution in [2.45, 2.75) is 13.3 Å². The molecule has 0 unspecified atom stereocenters. The van der Waals surface area contributed by atoms with Gasteiger partial charge in [0.1, 0.15) is 11.5 Å². The Bertz CT molecular complexity index is 651. The van der Waals surface area contributed by atoms with Gasteiger partial charge in [-0.15, -0.1) is 0 Å². The predicted octanol–water partition coefficient (Wildman–Crippen LogP) is 3.33. The van der Waals surface area contributed by atoms with Gasteiger partial charge in [0, 0.05) is 19.7 Å². The van der Waals surface area contributed by atoms with Crippen LogP contribution in [0.4, 0.5) is 5.69 Å². The van der Waals surface area contributed by atoms with Crippen LogP contribution in [0.5, 0.6) is 11.5 Å². The van der Waals surface area contributed by atoms with E-state index in [9.17, 15) is 4.79 Å². The summed E-state index contributed by atoms with van der Waals surface area (Å²) < 4.78 is 5.80. The summed E-state index contributed by atoms with van der Waals surface area (Å²) in [6.07, 6.45) is 0.947. The summed E-state index contributed by atoms with van der Waals surface area (Å²) in [5.74, 6) is 1.22. The van der Waals surface area contributed by atoms with Crippen molar-refractivity contribution in [3.8, 4) is 11.5 Å². The largest absolute Gasteiger partial charge is 0.455 e. The molecule has 1 amide bonds. The van der Waals surface area contributed by atoms with E-state index in [-0.39, 0.29) is 5.91 Å². The molecule has 4 nitrogen and oxygen atoms in total. The normalized spacial score (nSPS) is 10.2. The Kier molecular flexibility index (Phi) is 4.48. The number of amides is 1. The highest BCUT2D eigenvalue weighted by atomic mass is 16.5. The van der Waals surface area contributed by atoms with Gasteiger partial charge in [-0.1, -0.05) is 19.1 Å². The second kappa shape index (κ2) is 6.31. The first kappa shape index (κ1) is 14.9. The summed E-state index contributed by atoms with van der Waals surface area (Å²) >= 11 is 0. The number of carbonyl (C=O) groups excluding carboxylic acids is 1. The molecule has 2 aromatic carbocycles. The molecule has 0 saturated heterocycles. The molecule has 0 radical (unpaired) electrons. The van der Waals surface area contributed by atoms with Gasteiger partial charge in [-0.25, -0.2) is 0 Å². The topological polar surface area (TPSA) is 55.6 Å². The molecule has 0 bridgehead atoms. The van der Waals surface area contributed by atoms with Gasteiger partial charge in [0.05, 0.1) is 5.69 Å². The maximum absolute atomic E-state index is 11.9. The van der Waals surface area contributed by atoms with Crippen molar-refractivity contribution in [3.05, 3.63) is 53.6 Å². The van der Waals surface area contributed by atoms with E-state index in [0.29, 0.717) is 17.0 Å². The van der Waals surface area contributed by atoms with Crippen molar-refractivity contribution >= 4 is 11.6 Å². The molecule has 110 valence electrons. The summed E-state index contributed by atoms with van der Waals surface area (Å²) in [6.45, 7) is 2.09. The summed E-state index contributed by atoms with van der Waals surface area (Å²) in [4.78, 5) is 13.4. The Morgan fingerprint density at radius 2 is 1.95 bits per heavy atom. The van der Waals surface area contributed by atoms with Crippen LogP contribution in [0.2, 0.25) is 0 Å². The van der Waals surface area contributed by atoms with Gasteiger partial charge in [0.25, 0.3) is 5.91 Å². The quantitative estimate of drug-likeness (QED) is 0.876. The first-order chi connectivity index (χ1) is 10.0. The molecule has 0 atom stereocenters. The first-order valence-electron chi connectivity index (χ1n) is 6.89. The third-order valence-corrected chi connectivity index (χ3v) is 3.20. The molecule has 21 heavy (non-hydrogen) atoms. The van der Waals surface area contributed by atoms with E-state index in [1.807, 2.05) is 18.2 Å². The molecule has 0 aromatic heterocycles. The van der Waals surface area contributed by atoms with Gasteiger partial charge in [-0.2, -0.15) is 0 Å². The molecule has 2 N–H and O–H groups in total. The Morgan fingerprint density at radius 3 is 2.57 bits per heavy atom. The zero-order valence-corrected chi connectivity index (χ0v) is 12.6. The lowest BCUT2D eigenvalue weighted by Gasteiger charge is -2.13. The molecule has 0 aliphatic heterocycles. The molecular formula is C17H20N2O2. The summed E-state index contributed by atoms with van der Waals surface area (Å²) in [5.41, 5.74) is 8.18. The van der Waals surface area contributed by atoms with E-state index in [0.717, 1.165) is 12.2 Å². The second-order valence-corrected chi connectivity index (χ2v) is 5.06. The molecule has 2 rings (SSSR count). The summed E-state index contributed by atoms with van der Waals surface area (Å²) in [5, 5.41) is 0. The Balaban J connectivity index is 2.23. The Labute approximate surface area is 125 Å². The van der Waals surface area contributed by atoms with Gasteiger partial charge < -0.3 is 15.4 Å². The summed E-state index contributed by atoms with van der Waals surface area (Å²) in [7, 11) is 3.42. The number of hydrogen-bond acceptors (Lipinski definition) is 3. The predicted molar refractivity (Wildman–Crippen MR) is 84.8 cm³/mol. The number of nitrogen functional groups attached to an aromatic ring is 1. The van der Waals surface area contributed by atoms with Gasteiger partial charge in [-0.3, -0.25) is 4.79 Å². The van der Waals surface area contributed by atoms with E-state index in [2.05, 4.69) is 13.0 Å². The third kappa shape index (κ3) is 3.54. The van der Waals surface area contributed by atoms with Crippen LogP contribution in [0.1, 0.15) is 22.8 Å². The second-order valence-electron chi connectivity index (χ2n) is 5.06. The number of nitrogens with two attached hydrogens (primary N) is 1. The van der Waals surface area contributed by atoms with Crippen molar-refractivity contribution in [1.29, 1.82) is 0 Å². The SMILES string of the molecule is CCc1cccc(Oc2ccc(C(=O)N(C)C)cc2N)c1. The highest BCUT2D eigenvalue weighted by Gasteiger charge is 2.11. The van der Waals surface area contributed by atoms with Crippen LogP contribution in [0.3, 0.4) is 0 Å². The molecule has 2 aromatic rings. The molecule has 0 fully saturated rings. The fourth-order valence-corrected chi connectivity index (χ4v) is 1.99. The standard InChI is InChI=1S/C17H20N2O2/c1-4-12-6-5-7-14(10-12)21-16-9-8-13(11-15(16)18)17(20)19(2)3/h5-11H,4,18H2,1-3H3. The van der Waals surface area contributed by atoms with Gasteiger partial charge in [-0.05, 0) is 42.3 Å². The molecule has 4 heteroatoms. The van der Waals surface area contributed by atoms with E-state index in [1.54, 1.807) is 32.3 Å². The van der Waals surface area contributed by atoms with Crippen LogP contribution in [-0.4, -0.2) is 24.9 Å². The van der Waals surface area contributed by atoms with Crippen LogP contribution >= 0.6 is 0 Å². The van der Waals surface area contributed by atoms with E-state index >= 15 is 0 Å². The van der Waals surface area contributed by atoms with Crippen LogP contribution in [0.25, 0.3) is 0 Å². The molecule has 0 spiro atoms. The lowest BCUT2D eigenvalue weighted by atomic mass is 10.1. The smallest absolute Gasteiger partial charge is 0.253 e. The van der Waals surface area contributed by atoms with E-state index in [4.69, 9.17) is 10.5 Å². The van der Waals surface area contributed by atoms with Crippen LogP contribution in [0.15, 0.2) is 42.5 Å². The fourth-order valence-electron chi connectivity index (χ4n) is 1.99. The third-order valence-electron chi connectivity index (χ3n) is 3.20. The minimum Gasteiger partial charge on any atom is -0.455 e. The van der Waals surface area contributed by atoms with Crippen LogP contribution in [-0.2, 0) is 6.42 Å². The zero-order chi connectivity index (χ0) is 15.4. The number of hydrogen-bond donors (Lipinski definition) is 1. The molecule has 0 aliphatic rings. The van der Waals surface area contributed by atoms with Crippen LogP contribution in [0, 0.1) is 0 Å². The number of carbonyl (C=O) groups is 1. The fraction of sp³-hybridized carbons (Fsp3) is 0.235. The molecule has 0 heterocycles. The zero-order valence-electron chi connectivity index (χ0n) is 12.6. The molecule has 0 aliphatic carbocycles. The number of rotatable bonds is 4. The monoisotopic (exact) mass is 284 g/mol. The van der Waals surface area contributed by atoms with Gasteiger partial charge in [0.2, 0.25) is 0 Å². The number of benzene rings is 2. The molecule has 0 saturated carbocycles. The van der Waals surface area contributed by atoms with Gasteiger partial charge >= 0.3 is 0 Å². The summed E-state index contributed by atoms with van der Waals surface area (Å²) in [6, 6.07) is 13.0. The average molecular weight is 284 g/mol. The number of ether oxygens (including phenoxy) is 1. The van der Waals surface area contributed by atoms with Gasteiger partial charge in [0.15, 0.2) is 0 Å². The lowest BCUT2D eigenvalue weighted by molar-refractivity contribution is 0.0827. The number of anilines is 1. The van der Waals surface area contributed by atoms with Crippen molar-refractivity contribution in [3.63, 3.8) is 0 Å². The van der Waals surface area contributed by atoms with E-state index < -0.39 is 0 Å². The highest BCUT2D eigenvalue weighted by Crippen LogP contribution is 2.29. The Hall–Kier alpha value is -2.49. The average Bonchev–Trinajstić information content (AvgIpc) is 2.48. The maximum atomic E-state index is 11.9. The van der Waals surface area contributed by atoms with Crippen molar-refractivity contribution in [2.24, 2.45) is 0 Å². The van der Waals surface area contributed by atoms with E-state index in [1.165, 1.54) is 10.5 Å². The first-order valence-corrected chi connectivity index (χ1v) is 6.89. The molecular weight excluding hydrogens is 264 g/mol. The maximum Gasteiger partial charge on any atom is 0.253 e. The van der Waals surface area contributed by atoms with Crippen molar-refractivity contribution in [1.82, 2.24) is 4.90 Å².